The minimum atomic E-state index is 0.584. The van der Waals surface area contributed by atoms with Crippen LogP contribution in [0.4, 0.5) is 0 Å². The Balaban J connectivity index is 1.82. The second-order valence-corrected chi connectivity index (χ2v) is 5.29. The number of aromatic nitrogens is 3. The van der Waals surface area contributed by atoms with Crippen molar-refractivity contribution in [3.05, 3.63) is 54.4 Å². The van der Waals surface area contributed by atoms with Gasteiger partial charge >= 0.3 is 0 Å². The van der Waals surface area contributed by atoms with Gasteiger partial charge in [-0.25, -0.2) is 9.97 Å². The summed E-state index contributed by atoms with van der Waals surface area (Å²) >= 11 is 0. The Morgan fingerprint density at radius 2 is 2.09 bits per heavy atom. The van der Waals surface area contributed by atoms with Gasteiger partial charge < -0.3 is 13.7 Å². The lowest BCUT2D eigenvalue weighted by molar-refractivity contribution is 0.340. The highest BCUT2D eigenvalue weighted by molar-refractivity contribution is 5.62. The molecule has 0 N–H and O–H groups in total. The summed E-state index contributed by atoms with van der Waals surface area (Å²) in [6.07, 6.45) is 7.55. The van der Waals surface area contributed by atoms with Gasteiger partial charge in [0.05, 0.1) is 24.4 Å². The second kappa shape index (κ2) is 7.13. The zero-order chi connectivity index (χ0) is 16.1. The SMILES string of the molecule is CCCc1nccn1Cc1coc(-c2ccccc2OCC)n1. The van der Waals surface area contributed by atoms with E-state index in [1.807, 2.05) is 43.6 Å². The molecule has 0 bridgehead atoms. The summed E-state index contributed by atoms with van der Waals surface area (Å²) in [4.78, 5) is 8.99. The van der Waals surface area contributed by atoms with Crippen molar-refractivity contribution in [2.45, 2.75) is 33.2 Å². The molecule has 0 radical (unpaired) electrons. The van der Waals surface area contributed by atoms with E-state index < -0.39 is 0 Å². The molecule has 2 heterocycles. The molecule has 0 aliphatic rings. The molecular weight excluding hydrogens is 290 g/mol. The van der Waals surface area contributed by atoms with Crippen LogP contribution in [-0.4, -0.2) is 21.1 Å². The number of oxazole rings is 1. The first kappa shape index (κ1) is 15.3. The van der Waals surface area contributed by atoms with E-state index in [9.17, 15) is 0 Å². The molecule has 1 aromatic carbocycles. The molecular formula is C18H21N3O2. The molecule has 0 unspecified atom stereocenters. The highest BCUT2D eigenvalue weighted by Crippen LogP contribution is 2.29. The van der Waals surface area contributed by atoms with Crippen LogP contribution >= 0.6 is 0 Å². The Bertz CT molecular complexity index is 761. The first-order valence-electron chi connectivity index (χ1n) is 7.98. The zero-order valence-corrected chi connectivity index (χ0v) is 13.5. The lowest BCUT2D eigenvalue weighted by Crippen LogP contribution is -2.04. The van der Waals surface area contributed by atoms with Crippen molar-refractivity contribution in [3.8, 4) is 17.2 Å². The number of nitrogens with zero attached hydrogens (tertiary/aromatic N) is 3. The summed E-state index contributed by atoms with van der Waals surface area (Å²) in [6, 6.07) is 7.79. The van der Waals surface area contributed by atoms with Crippen LogP contribution in [0.25, 0.3) is 11.5 Å². The van der Waals surface area contributed by atoms with Gasteiger partial charge in [0.15, 0.2) is 0 Å². The quantitative estimate of drug-likeness (QED) is 0.663. The van der Waals surface area contributed by atoms with Crippen molar-refractivity contribution in [2.75, 3.05) is 6.61 Å². The monoisotopic (exact) mass is 311 g/mol. The Morgan fingerprint density at radius 1 is 1.22 bits per heavy atom. The van der Waals surface area contributed by atoms with Gasteiger partial charge in [-0.05, 0) is 25.5 Å². The van der Waals surface area contributed by atoms with Crippen LogP contribution in [0.3, 0.4) is 0 Å². The number of hydrogen-bond donors (Lipinski definition) is 0. The van der Waals surface area contributed by atoms with Crippen LogP contribution in [0.15, 0.2) is 47.3 Å². The number of para-hydroxylation sites is 1. The molecule has 5 heteroatoms. The van der Waals surface area contributed by atoms with E-state index in [-0.39, 0.29) is 0 Å². The van der Waals surface area contributed by atoms with Crippen molar-refractivity contribution in [1.82, 2.24) is 14.5 Å². The minimum Gasteiger partial charge on any atom is -0.493 e. The van der Waals surface area contributed by atoms with Gasteiger partial charge in [0, 0.05) is 18.8 Å². The van der Waals surface area contributed by atoms with Crippen LogP contribution in [0.5, 0.6) is 5.75 Å². The first-order chi connectivity index (χ1) is 11.3. The van der Waals surface area contributed by atoms with E-state index in [0.29, 0.717) is 19.0 Å². The molecule has 0 aliphatic carbocycles. The summed E-state index contributed by atoms with van der Waals surface area (Å²) in [5.74, 6) is 2.45. The summed E-state index contributed by atoms with van der Waals surface area (Å²) in [6.45, 7) is 5.39. The van der Waals surface area contributed by atoms with Gasteiger partial charge in [-0.1, -0.05) is 19.1 Å². The molecule has 0 saturated carbocycles. The van der Waals surface area contributed by atoms with Gasteiger partial charge in [-0.3, -0.25) is 0 Å². The third-order valence-corrected chi connectivity index (χ3v) is 3.58. The van der Waals surface area contributed by atoms with Crippen LogP contribution in [0.1, 0.15) is 31.8 Å². The fourth-order valence-electron chi connectivity index (χ4n) is 2.54. The van der Waals surface area contributed by atoms with Crippen LogP contribution in [0.2, 0.25) is 0 Å². The predicted octanol–water partition coefficient (Wildman–Crippen LogP) is 3.94. The van der Waals surface area contributed by atoms with Crippen molar-refractivity contribution >= 4 is 0 Å². The standard InChI is InChI=1S/C18H21N3O2/c1-3-7-17-19-10-11-21(17)12-14-13-23-18(20-14)15-8-5-6-9-16(15)22-4-2/h5-6,8-11,13H,3-4,7,12H2,1-2H3. The number of hydrogen-bond acceptors (Lipinski definition) is 4. The second-order valence-electron chi connectivity index (χ2n) is 5.29. The molecule has 2 aromatic heterocycles. The molecule has 0 fully saturated rings. The minimum absolute atomic E-state index is 0.584. The van der Waals surface area contributed by atoms with Gasteiger partial charge in [-0.2, -0.15) is 0 Å². The molecule has 23 heavy (non-hydrogen) atoms. The molecule has 0 amide bonds. The van der Waals surface area contributed by atoms with Gasteiger partial charge in [0.25, 0.3) is 0 Å². The maximum atomic E-state index is 5.66. The topological polar surface area (TPSA) is 53.1 Å². The van der Waals surface area contributed by atoms with Gasteiger partial charge in [-0.15, -0.1) is 0 Å². The number of imidazole rings is 1. The molecule has 0 saturated heterocycles. The van der Waals surface area contributed by atoms with Crippen molar-refractivity contribution in [3.63, 3.8) is 0 Å². The molecule has 120 valence electrons. The Morgan fingerprint density at radius 3 is 2.91 bits per heavy atom. The fraction of sp³-hybridized carbons (Fsp3) is 0.333. The van der Waals surface area contributed by atoms with E-state index in [1.165, 1.54) is 0 Å². The van der Waals surface area contributed by atoms with E-state index in [0.717, 1.165) is 35.7 Å². The lowest BCUT2D eigenvalue weighted by atomic mass is 10.2. The largest absolute Gasteiger partial charge is 0.493 e. The molecule has 0 spiro atoms. The van der Waals surface area contributed by atoms with Gasteiger partial charge in [0.1, 0.15) is 17.8 Å². The lowest BCUT2D eigenvalue weighted by Gasteiger charge is -2.06. The maximum Gasteiger partial charge on any atom is 0.229 e. The number of aryl methyl sites for hydroxylation is 1. The molecule has 0 atom stereocenters. The van der Waals surface area contributed by atoms with Crippen molar-refractivity contribution in [1.29, 1.82) is 0 Å². The maximum absolute atomic E-state index is 5.66. The summed E-state index contributed by atoms with van der Waals surface area (Å²) in [7, 11) is 0. The van der Waals surface area contributed by atoms with Crippen molar-refractivity contribution < 1.29 is 9.15 Å². The summed E-state index contributed by atoms with van der Waals surface area (Å²) < 4.78 is 13.4. The third-order valence-electron chi connectivity index (χ3n) is 3.58. The van der Waals surface area contributed by atoms with Crippen molar-refractivity contribution in [2.24, 2.45) is 0 Å². The van der Waals surface area contributed by atoms with E-state index in [2.05, 4.69) is 21.5 Å². The van der Waals surface area contributed by atoms with Crippen LogP contribution in [0, 0.1) is 0 Å². The van der Waals surface area contributed by atoms with E-state index in [4.69, 9.17) is 9.15 Å². The molecule has 3 aromatic rings. The van der Waals surface area contributed by atoms with E-state index >= 15 is 0 Å². The molecule has 0 aliphatic heterocycles. The van der Waals surface area contributed by atoms with E-state index in [1.54, 1.807) is 6.26 Å². The fourth-order valence-corrected chi connectivity index (χ4v) is 2.54. The summed E-state index contributed by atoms with van der Waals surface area (Å²) in [5, 5.41) is 0. The Labute approximate surface area is 136 Å². The average molecular weight is 311 g/mol. The normalized spacial score (nSPS) is 10.9. The predicted molar refractivity (Wildman–Crippen MR) is 88.4 cm³/mol. The average Bonchev–Trinajstić information content (AvgIpc) is 3.19. The molecule has 5 nitrogen and oxygen atoms in total. The van der Waals surface area contributed by atoms with Crippen LogP contribution < -0.4 is 4.74 Å². The number of ether oxygens (including phenoxy) is 1. The Kier molecular flexibility index (Phi) is 4.76. The number of rotatable bonds is 7. The molecule has 3 rings (SSSR count). The zero-order valence-electron chi connectivity index (χ0n) is 13.5. The van der Waals surface area contributed by atoms with Crippen LogP contribution in [-0.2, 0) is 13.0 Å². The smallest absolute Gasteiger partial charge is 0.229 e. The summed E-state index contributed by atoms with van der Waals surface area (Å²) in [5.41, 5.74) is 1.75. The Hall–Kier alpha value is -2.56. The third kappa shape index (κ3) is 3.44. The van der Waals surface area contributed by atoms with Gasteiger partial charge in [0.2, 0.25) is 5.89 Å². The first-order valence-corrected chi connectivity index (χ1v) is 7.98. The highest BCUT2D eigenvalue weighted by atomic mass is 16.5. The highest BCUT2D eigenvalue weighted by Gasteiger charge is 2.13. The number of benzene rings is 1.